The van der Waals surface area contributed by atoms with Crippen molar-refractivity contribution >= 4 is 28.4 Å². The first-order chi connectivity index (χ1) is 12.6. The summed E-state index contributed by atoms with van der Waals surface area (Å²) < 4.78 is 18.3. The lowest BCUT2D eigenvalue weighted by atomic mass is 10.0. The molecule has 1 N–H and O–H groups in total. The van der Waals surface area contributed by atoms with E-state index in [2.05, 4.69) is 5.32 Å². The summed E-state index contributed by atoms with van der Waals surface area (Å²) >= 11 is 0. The molecule has 128 valence electrons. The Hall–Kier alpha value is -3.65. The van der Waals surface area contributed by atoms with E-state index in [1.54, 1.807) is 19.2 Å². The van der Waals surface area contributed by atoms with Crippen LogP contribution in [0.15, 0.2) is 66.2 Å². The Balaban J connectivity index is 1.97. The van der Waals surface area contributed by atoms with Crippen LogP contribution in [0, 0.1) is 17.1 Å². The van der Waals surface area contributed by atoms with Gasteiger partial charge in [0.2, 0.25) is 0 Å². The van der Waals surface area contributed by atoms with E-state index in [0.717, 1.165) is 16.3 Å². The van der Waals surface area contributed by atoms with Gasteiger partial charge in [-0.15, -0.1) is 0 Å². The summed E-state index contributed by atoms with van der Waals surface area (Å²) in [6.45, 7) is 0. The van der Waals surface area contributed by atoms with Crippen LogP contribution in [0.1, 0.15) is 5.56 Å². The fraction of sp³-hybridized carbons (Fsp3) is 0.0476. The number of carbonyl (C=O) groups excluding carboxylic acids is 1. The molecule has 0 saturated carbocycles. The number of carbonyl (C=O) groups is 1. The van der Waals surface area contributed by atoms with Crippen molar-refractivity contribution in [2.75, 3.05) is 12.4 Å². The van der Waals surface area contributed by atoms with Gasteiger partial charge in [0, 0.05) is 11.1 Å². The largest absolute Gasteiger partial charge is 0.496 e. The highest BCUT2D eigenvalue weighted by Gasteiger charge is 2.12. The molecule has 1 amide bonds. The molecule has 0 heterocycles. The summed E-state index contributed by atoms with van der Waals surface area (Å²) in [5, 5.41) is 13.7. The number of nitrogens with one attached hydrogen (secondary N) is 1. The van der Waals surface area contributed by atoms with Gasteiger partial charge in [-0.25, -0.2) is 4.39 Å². The Kier molecular flexibility index (Phi) is 4.95. The van der Waals surface area contributed by atoms with Crippen molar-refractivity contribution in [1.82, 2.24) is 0 Å². The maximum atomic E-state index is 13.0. The summed E-state index contributed by atoms with van der Waals surface area (Å²) in [6.07, 6.45) is 1.53. The zero-order valence-corrected chi connectivity index (χ0v) is 14.0. The molecule has 26 heavy (non-hydrogen) atoms. The van der Waals surface area contributed by atoms with Gasteiger partial charge in [-0.1, -0.05) is 30.3 Å². The zero-order valence-electron chi connectivity index (χ0n) is 14.0. The highest BCUT2D eigenvalue weighted by atomic mass is 19.1. The Morgan fingerprint density at radius 2 is 1.77 bits per heavy atom. The number of fused-ring (bicyclic) bond motifs is 1. The lowest BCUT2D eigenvalue weighted by Crippen LogP contribution is -2.13. The lowest BCUT2D eigenvalue weighted by molar-refractivity contribution is -0.112. The van der Waals surface area contributed by atoms with E-state index < -0.39 is 11.7 Å². The second-order valence-corrected chi connectivity index (χ2v) is 5.53. The second kappa shape index (κ2) is 7.49. The Morgan fingerprint density at radius 3 is 2.42 bits per heavy atom. The Bertz CT molecular complexity index is 1030. The molecule has 0 radical (unpaired) electrons. The van der Waals surface area contributed by atoms with Crippen molar-refractivity contribution in [3.05, 3.63) is 77.6 Å². The predicted octanol–water partition coefficient (Wildman–Crippen LogP) is 4.53. The number of amides is 1. The molecular weight excluding hydrogens is 331 g/mol. The maximum Gasteiger partial charge on any atom is 0.266 e. The van der Waals surface area contributed by atoms with Crippen molar-refractivity contribution in [3.8, 4) is 11.8 Å². The van der Waals surface area contributed by atoms with Gasteiger partial charge >= 0.3 is 0 Å². The third-order valence-electron chi connectivity index (χ3n) is 3.90. The number of nitriles is 1. The topological polar surface area (TPSA) is 62.1 Å². The molecule has 5 heteroatoms. The summed E-state index contributed by atoms with van der Waals surface area (Å²) in [4.78, 5) is 12.4. The summed E-state index contributed by atoms with van der Waals surface area (Å²) in [7, 11) is 1.59. The minimum atomic E-state index is -0.556. The smallest absolute Gasteiger partial charge is 0.266 e. The van der Waals surface area contributed by atoms with Crippen LogP contribution in [0.5, 0.6) is 5.75 Å². The SMILES string of the molecule is COc1ccc(C=C(C#N)C(=O)Nc2ccc(F)cc2)c2ccccc12. The van der Waals surface area contributed by atoms with Gasteiger partial charge in [0.25, 0.3) is 5.91 Å². The number of methoxy groups -OCH3 is 1. The van der Waals surface area contributed by atoms with Crippen molar-refractivity contribution < 1.29 is 13.9 Å². The number of nitrogens with zero attached hydrogens (tertiary/aromatic N) is 1. The normalized spacial score (nSPS) is 11.0. The third kappa shape index (κ3) is 3.55. The monoisotopic (exact) mass is 346 g/mol. The van der Waals surface area contributed by atoms with E-state index in [1.165, 1.54) is 30.3 Å². The van der Waals surface area contributed by atoms with Crippen LogP contribution < -0.4 is 10.1 Å². The highest BCUT2D eigenvalue weighted by Crippen LogP contribution is 2.29. The van der Waals surface area contributed by atoms with Crippen LogP contribution in [0.3, 0.4) is 0 Å². The van der Waals surface area contributed by atoms with Gasteiger partial charge in [-0.3, -0.25) is 4.79 Å². The van der Waals surface area contributed by atoms with E-state index in [9.17, 15) is 14.4 Å². The second-order valence-electron chi connectivity index (χ2n) is 5.53. The number of hydrogen-bond donors (Lipinski definition) is 1. The van der Waals surface area contributed by atoms with Crippen molar-refractivity contribution in [3.63, 3.8) is 0 Å². The molecule has 0 fully saturated rings. The van der Waals surface area contributed by atoms with Gasteiger partial charge in [0.1, 0.15) is 23.2 Å². The number of hydrogen-bond acceptors (Lipinski definition) is 3. The third-order valence-corrected chi connectivity index (χ3v) is 3.90. The van der Waals surface area contributed by atoms with Gasteiger partial charge in [-0.05, 0) is 47.4 Å². The molecule has 0 atom stereocenters. The molecule has 4 nitrogen and oxygen atoms in total. The minimum Gasteiger partial charge on any atom is -0.496 e. The molecule has 0 saturated heterocycles. The average molecular weight is 346 g/mol. The fourth-order valence-corrected chi connectivity index (χ4v) is 2.63. The number of ether oxygens (including phenoxy) is 1. The molecule has 0 bridgehead atoms. The molecule has 0 spiro atoms. The first-order valence-electron chi connectivity index (χ1n) is 7.87. The van der Waals surface area contributed by atoms with Gasteiger partial charge < -0.3 is 10.1 Å². The molecule has 3 aromatic rings. The van der Waals surface area contributed by atoms with Crippen molar-refractivity contribution in [2.45, 2.75) is 0 Å². The van der Waals surface area contributed by atoms with Crippen molar-refractivity contribution in [1.29, 1.82) is 5.26 Å². The number of halogens is 1. The molecule has 0 aliphatic rings. The van der Waals surface area contributed by atoms with E-state index in [-0.39, 0.29) is 5.57 Å². The summed E-state index contributed by atoms with van der Waals surface area (Å²) in [6, 6.07) is 18.4. The standard InChI is InChI=1S/C21H15FN2O2/c1-26-20-11-6-14(18-4-2-3-5-19(18)20)12-15(13-23)21(25)24-17-9-7-16(22)8-10-17/h2-12H,1H3,(H,24,25). The first-order valence-corrected chi connectivity index (χ1v) is 7.87. The Labute approximate surface area is 150 Å². The molecule has 3 rings (SSSR count). The quantitative estimate of drug-likeness (QED) is 0.557. The van der Waals surface area contributed by atoms with Gasteiger partial charge in [-0.2, -0.15) is 5.26 Å². The predicted molar refractivity (Wildman–Crippen MR) is 99.1 cm³/mol. The number of anilines is 1. The van der Waals surface area contributed by atoms with Gasteiger partial charge in [0.05, 0.1) is 7.11 Å². The zero-order chi connectivity index (χ0) is 18.5. The summed E-state index contributed by atoms with van der Waals surface area (Å²) in [5.74, 6) is -0.241. The fourth-order valence-electron chi connectivity index (χ4n) is 2.63. The molecule has 3 aromatic carbocycles. The lowest BCUT2D eigenvalue weighted by Gasteiger charge is -2.09. The Morgan fingerprint density at radius 1 is 1.08 bits per heavy atom. The molecule has 0 aliphatic carbocycles. The average Bonchev–Trinajstić information content (AvgIpc) is 2.67. The maximum absolute atomic E-state index is 13.0. The highest BCUT2D eigenvalue weighted by molar-refractivity contribution is 6.11. The van der Waals surface area contributed by atoms with Gasteiger partial charge in [0.15, 0.2) is 0 Å². The summed E-state index contributed by atoms with van der Waals surface area (Å²) in [5.41, 5.74) is 1.09. The van der Waals surface area contributed by atoms with Crippen LogP contribution in [0.4, 0.5) is 10.1 Å². The van der Waals surface area contributed by atoms with Crippen LogP contribution in [-0.4, -0.2) is 13.0 Å². The van der Waals surface area contributed by atoms with Crippen molar-refractivity contribution in [2.24, 2.45) is 0 Å². The molecule has 0 aliphatic heterocycles. The minimum absolute atomic E-state index is 0.0513. The van der Waals surface area contributed by atoms with E-state index >= 15 is 0 Å². The van der Waals surface area contributed by atoms with E-state index in [1.807, 2.05) is 30.3 Å². The van der Waals surface area contributed by atoms with Crippen LogP contribution >= 0.6 is 0 Å². The number of rotatable bonds is 4. The van der Waals surface area contributed by atoms with Crippen LogP contribution in [0.25, 0.3) is 16.8 Å². The molecule has 0 aromatic heterocycles. The van der Waals surface area contributed by atoms with Crippen LogP contribution in [-0.2, 0) is 4.79 Å². The molecular formula is C21H15FN2O2. The van der Waals surface area contributed by atoms with Crippen LogP contribution in [0.2, 0.25) is 0 Å². The first kappa shape index (κ1) is 17.2. The number of benzene rings is 3. The molecule has 0 unspecified atom stereocenters. The van der Waals surface area contributed by atoms with E-state index in [0.29, 0.717) is 11.4 Å². The van der Waals surface area contributed by atoms with E-state index in [4.69, 9.17) is 4.74 Å².